The van der Waals surface area contributed by atoms with E-state index in [0.717, 1.165) is 55.3 Å². The Morgan fingerprint density at radius 3 is 2.05 bits per heavy atom. The highest BCUT2D eigenvalue weighted by molar-refractivity contribution is 5.55. The first-order chi connectivity index (χ1) is 18.2. The lowest BCUT2D eigenvalue weighted by atomic mass is 9.95. The van der Waals surface area contributed by atoms with Crippen molar-refractivity contribution in [1.29, 1.82) is 0 Å². The highest BCUT2D eigenvalue weighted by atomic mass is 16.5. The van der Waals surface area contributed by atoms with Crippen LogP contribution < -0.4 is 4.74 Å². The van der Waals surface area contributed by atoms with E-state index < -0.39 is 0 Å². The van der Waals surface area contributed by atoms with Crippen molar-refractivity contribution >= 4 is 0 Å². The van der Waals surface area contributed by atoms with Crippen molar-refractivity contribution in [2.45, 2.75) is 130 Å². The number of rotatable bonds is 22. The van der Waals surface area contributed by atoms with E-state index in [4.69, 9.17) is 9.47 Å². The molecule has 0 aliphatic rings. The number of unbranched alkanes of at least 4 members (excludes halogenated alkanes) is 10. The fraction of sp³-hybridized carbons (Fsp3) is 0.667. The molecule has 1 radical (unpaired) electrons. The SMILES string of the molecule is [CH2]OC(CC)CC(C)CCCCCCc1ccc(-c2ncc(OCCCCCCCCCC)cn2)cc1. The number of nitrogens with zero attached hydrogens (tertiary/aromatic N) is 2. The summed E-state index contributed by atoms with van der Waals surface area (Å²) in [5.74, 6) is 2.24. The van der Waals surface area contributed by atoms with E-state index in [2.05, 4.69) is 62.1 Å². The predicted molar refractivity (Wildman–Crippen MR) is 157 cm³/mol. The molecule has 0 bridgehead atoms. The summed E-state index contributed by atoms with van der Waals surface area (Å²) in [6, 6.07) is 8.72. The van der Waals surface area contributed by atoms with E-state index in [0.29, 0.717) is 6.10 Å². The van der Waals surface area contributed by atoms with Crippen LogP contribution in [0.1, 0.15) is 123 Å². The standard InChI is InChI=1S/C33H53N2O2/c1-5-7-8-9-10-11-14-17-24-37-32-26-34-33(35-27-32)30-22-20-29(21-23-30)19-16-13-12-15-18-28(3)25-31(6-2)36-4/h20-23,26-28,31H,4-19,24-25H2,1-3H3. The molecule has 0 saturated heterocycles. The van der Waals surface area contributed by atoms with Crippen LogP contribution in [0.5, 0.6) is 5.75 Å². The van der Waals surface area contributed by atoms with Gasteiger partial charge in [-0.15, -0.1) is 0 Å². The van der Waals surface area contributed by atoms with Gasteiger partial charge in [0.1, 0.15) is 0 Å². The van der Waals surface area contributed by atoms with Crippen LogP contribution in [-0.2, 0) is 11.2 Å². The van der Waals surface area contributed by atoms with Gasteiger partial charge < -0.3 is 9.47 Å². The van der Waals surface area contributed by atoms with Crippen molar-refractivity contribution in [3.8, 4) is 17.1 Å². The molecule has 0 aliphatic heterocycles. The maximum absolute atomic E-state index is 5.84. The van der Waals surface area contributed by atoms with E-state index >= 15 is 0 Å². The minimum Gasteiger partial charge on any atom is -0.490 e. The van der Waals surface area contributed by atoms with Crippen LogP contribution in [0.2, 0.25) is 0 Å². The first-order valence-electron chi connectivity index (χ1n) is 15.1. The molecule has 1 aromatic carbocycles. The second-order valence-corrected chi connectivity index (χ2v) is 10.8. The van der Waals surface area contributed by atoms with Gasteiger partial charge in [-0.3, -0.25) is 0 Å². The van der Waals surface area contributed by atoms with Gasteiger partial charge in [-0.05, 0) is 43.6 Å². The van der Waals surface area contributed by atoms with Crippen LogP contribution in [0.3, 0.4) is 0 Å². The molecule has 0 fully saturated rings. The van der Waals surface area contributed by atoms with Crippen LogP contribution in [0.25, 0.3) is 11.4 Å². The summed E-state index contributed by atoms with van der Waals surface area (Å²) >= 11 is 0. The Bertz CT molecular complexity index is 787. The van der Waals surface area contributed by atoms with E-state index in [1.165, 1.54) is 82.6 Å². The summed E-state index contributed by atoms with van der Waals surface area (Å²) in [6.07, 6.45) is 24.1. The molecular formula is C33H53N2O2. The summed E-state index contributed by atoms with van der Waals surface area (Å²) in [5, 5.41) is 0. The van der Waals surface area contributed by atoms with Crippen molar-refractivity contribution in [3.63, 3.8) is 0 Å². The number of hydrogen-bond acceptors (Lipinski definition) is 4. The Hall–Kier alpha value is -1.94. The third-order valence-electron chi connectivity index (χ3n) is 7.38. The molecule has 2 rings (SSSR count). The minimum atomic E-state index is 0.319. The molecule has 0 amide bonds. The fourth-order valence-corrected chi connectivity index (χ4v) is 4.88. The monoisotopic (exact) mass is 509 g/mol. The molecular weight excluding hydrogens is 456 g/mol. The van der Waals surface area contributed by atoms with Gasteiger partial charge in [0, 0.05) is 5.56 Å². The molecule has 1 aromatic heterocycles. The van der Waals surface area contributed by atoms with Gasteiger partial charge in [-0.1, -0.05) is 116 Å². The molecule has 0 N–H and O–H groups in total. The Morgan fingerprint density at radius 2 is 1.41 bits per heavy atom. The lowest BCUT2D eigenvalue weighted by molar-refractivity contribution is 0.108. The van der Waals surface area contributed by atoms with Crippen molar-refractivity contribution in [2.75, 3.05) is 6.61 Å². The van der Waals surface area contributed by atoms with Crippen molar-refractivity contribution in [3.05, 3.63) is 49.3 Å². The maximum atomic E-state index is 5.84. The Labute approximate surface area is 228 Å². The molecule has 4 heteroatoms. The summed E-state index contributed by atoms with van der Waals surface area (Å²) < 4.78 is 11.1. The van der Waals surface area contributed by atoms with Crippen LogP contribution >= 0.6 is 0 Å². The fourth-order valence-electron chi connectivity index (χ4n) is 4.88. The molecule has 0 saturated carbocycles. The Morgan fingerprint density at radius 1 is 0.784 bits per heavy atom. The Kier molecular flexibility index (Phi) is 17.0. The first kappa shape index (κ1) is 31.3. The van der Waals surface area contributed by atoms with Gasteiger partial charge in [-0.25, -0.2) is 9.97 Å². The largest absolute Gasteiger partial charge is 0.490 e. The molecule has 4 nitrogen and oxygen atoms in total. The van der Waals surface area contributed by atoms with Crippen molar-refractivity contribution in [2.24, 2.45) is 5.92 Å². The summed E-state index contributed by atoms with van der Waals surface area (Å²) in [4.78, 5) is 9.05. The van der Waals surface area contributed by atoms with E-state index in [9.17, 15) is 0 Å². The molecule has 1 heterocycles. The van der Waals surface area contributed by atoms with Crippen molar-refractivity contribution in [1.82, 2.24) is 9.97 Å². The summed E-state index contributed by atoms with van der Waals surface area (Å²) in [6.45, 7) is 7.52. The molecule has 2 unspecified atom stereocenters. The van der Waals surface area contributed by atoms with Gasteiger partial charge in [0.15, 0.2) is 11.6 Å². The second kappa shape index (κ2) is 20.1. The zero-order valence-electron chi connectivity index (χ0n) is 24.1. The highest BCUT2D eigenvalue weighted by Gasteiger charge is 2.10. The van der Waals surface area contributed by atoms with E-state index in [1.807, 2.05) is 0 Å². The number of ether oxygens (including phenoxy) is 2. The van der Waals surface area contributed by atoms with Gasteiger partial charge >= 0.3 is 0 Å². The number of aromatic nitrogens is 2. The van der Waals surface area contributed by atoms with E-state index in [-0.39, 0.29) is 0 Å². The molecule has 37 heavy (non-hydrogen) atoms. The third-order valence-corrected chi connectivity index (χ3v) is 7.38. The molecule has 0 spiro atoms. The number of benzene rings is 1. The van der Waals surface area contributed by atoms with Gasteiger partial charge in [-0.2, -0.15) is 0 Å². The Balaban J connectivity index is 1.58. The normalized spacial score (nSPS) is 13.0. The molecule has 2 atom stereocenters. The van der Waals surface area contributed by atoms with Crippen LogP contribution in [0.4, 0.5) is 0 Å². The highest BCUT2D eigenvalue weighted by Crippen LogP contribution is 2.21. The maximum Gasteiger partial charge on any atom is 0.159 e. The average molecular weight is 510 g/mol. The molecule has 0 aliphatic carbocycles. The number of aryl methyl sites for hydroxylation is 1. The average Bonchev–Trinajstić information content (AvgIpc) is 2.93. The van der Waals surface area contributed by atoms with E-state index in [1.54, 1.807) is 12.4 Å². The topological polar surface area (TPSA) is 44.2 Å². The van der Waals surface area contributed by atoms with Gasteiger partial charge in [0.05, 0.1) is 32.2 Å². The van der Waals surface area contributed by atoms with Gasteiger partial charge in [0.25, 0.3) is 0 Å². The second-order valence-electron chi connectivity index (χ2n) is 10.8. The minimum absolute atomic E-state index is 0.319. The molecule has 2 aromatic rings. The first-order valence-corrected chi connectivity index (χ1v) is 15.1. The molecule has 207 valence electrons. The summed E-state index contributed by atoms with van der Waals surface area (Å²) in [7, 11) is 3.60. The zero-order chi connectivity index (χ0) is 26.6. The van der Waals surface area contributed by atoms with Gasteiger partial charge in [0.2, 0.25) is 0 Å². The lowest BCUT2D eigenvalue weighted by Gasteiger charge is -2.18. The third kappa shape index (κ3) is 14.0. The lowest BCUT2D eigenvalue weighted by Crippen LogP contribution is -2.12. The summed E-state index contributed by atoms with van der Waals surface area (Å²) in [5.41, 5.74) is 2.45. The van der Waals surface area contributed by atoms with Crippen LogP contribution in [-0.4, -0.2) is 22.7 Å². The van der Waals surface area contributed by atoms with Crippen LogP contribution in [0.15, 0.2) is 36.7 Å². The number of hydrogen-bond donors (Lipinski definition) is 0. The zero-order valence-corrected chi connectivity index (χ0v) is 24.1. The van der Waals surface area contributed by atoms with Crippen LogP contribution in [0, 0.1) is 13.0 Å². The quantitative estimate of drug-likeness (QED) is 0.148. The smallest absolute Gasteiger partial charge is 0.159 e. The van der Waals surface area contributed by atoms with Crippen molar-refractivity contribution < 1.29 is 9.47 Å². The predicted octanol–water partition coefficient (Wildman–Crippen LogP) is 9.77.